The van der Waals surface area contributed by atoms with Crippen molar-refractivity contribution < 1.29 is 18.8 Å². The van der Waals surface area contributed by atoms with Gasteiger partial charge in [0.2, 0.25) is 5.91 Å². The average molecular weight is 350 g/mol. The van der Waals surface area contributed by atoms with Crippen LogP contribution in [0.25, 0.3) is 0 Å². The van der Waals surface area contributed by atoms with Crippen molar-refractivity contribution >= 4 is 20.9 Å². The highest BCUT2D eigenvalue weighted by atomic mass is 28.3. The van der Waals surface area contributed by atoms with Crippen LogP contribution in [0.4, 0.5) is 0 Å². The summed E-state index contributed by atoms with van der Waals surface area (Å²) in [7, 11) is -1.18. The number of carbonyl (C=O) groups excluding carboxylic acids is 2. The van der Waals surface area contributed by atoms with Crippen LogP contribution in [0.15, 0.2) is 30.3 Å². The van der Waals surface area contributed by atoms with E-state index in [1.54, 1.807) is 24.3 Å². The first-order chi connectivity index (χ1) is 11.2. The number of β-lactam (4-membered cyclic amide) rings is 1. The van der Waals surface area contributed by atoms with Crippen LogP contribution in [0, 0.1) is 17.3 Å². The lowest BCUT2D eigenvalue weighted by atomic mass is 9.70. The van der Waals surface area contributed by atoms with Gasteiger partial charge >= 0.3 is 5.97 Å². The second kappa shape index (κ2) is 7.48. The lowest BCUT2D eigenvalue weighted by Crippen LogP contribution is -2.64. The summed E-state index contributed by atoms with van der Waals surface area (Å²) < 4.78 is 11.4. The zero-order chi connectivity index (χ0) is 17.9. The average Bonchev–Trinajstić information content (AvgIpc) is 2.50. The van der Waals surface area contributed by atoms with Crippen molar-refractivity contribution in [2.24, 2.45) is 17.3 Å². The van der Waals surface area contributed by atoms with Crippen LogP contribution in [0.5, 0.6) is 0 Å². The highest BCUT2D eigenvalue weighted by Gasteiger charge is 2.50. The maximum absolute atomic E-state index is 12.2. The number of rotatable bonds is 6. The summed E-state index contributed by atoms with van der Waals surface area (Å²) in [6.07, 6.45) is -0.591. The van der Waals surface area contributed by atoms with Gasteiger partial charge in [0.25, 0.3) is 0 Å². The molecule has 132 valence electrons. The monoisotopic (exact) mass is 349 g/mol. The SMILES string of the molecule is C[SiH](C)OC[C@H]([C@@H]1C(=O)NC1OC(=O)c1ccccc1)C(C)(C)C. The van der Waals surface area contributed by atoms with Gasteiger partial charge in [-0.3, -0.25) is 4.79 Å². The molecule has 0 saturated carbocycles. The smallest absolute Gasteiger partial charge is 0.340 e. The molecule has 0 bridgehead atoms. The fourth-order valence-electron chi connectivity index (χ4n) is 2.81. The number of ether oxygens (including phenoxy) is 1. The molecule has 1 saturated heterocycles. The normalized spacial score (nSPS) is 21.8. The van der Waals surface area contributed by atoms with Gasteiger partial charge in [-0.25, -0.2) is 4.79 Å². The topological polar surface area (TPSA) is 64.6 Å². The molecule has 1 aliphatic heterocycles. The van der Waals surface area contributed by atoms with Crippen molar-refractivity contribution in [1.82, 2.24) is 5.32 Å². The molecule has 0 aliphatic carbocycles. The minimum Gasteiger partial charge on any atom is -0.437 e. The molecule has 1 heterocycles. The highest BCUT2D eigenvalue weighted by Crippen LogP contribution is 2.38. The van der Waals surface area contributed by atoms with E-state index < -0.39 is 21.2 Å². The number of hydrogen-bond donors (Lipinski definition) is 1. The molecule has 1 aromatic carbocycles. The molecule has 0 spiro atoms. The molecule has 5 nitrogen and oxygen atoms in total. The Morgan fingerprint density at radius 3 is 2.38 bits per heavy atom. The summed E-state index contributed by atoms with van der Waals surface area (Å²) in [5.74, 6) is -0.868. The first-order valence-electron chi connectivity index (χ1n) is 8.38. The predicted octanol–water partition coefficient (Wildman–Crippen LogP) is 2.58. The van der Waals surface area contributed by atoms with Crippen molar-refractivity contribution in [2.45, 2.75) is 40.1 Å². The minimum atomic E-state index is -1.18. The van der Waals surface area contributed by atoms with Crippen LogP contribution in [0.2, 0.25) is 13.1 Å². The molecule has 1 fully saturated rings. The number of nitrogens with one attached hydrogen (secondary N) is 1. The number of hydrogen-bond acceptors (Lipinski definition) is 4. The van der Waals surface area contributed by atoms with Crippen molar-refractivity contribution in [3.63, 3.8) is 0 Å². The maximum Gasteiger partial charge on any atom is 0.340 e. The second-order valence-corrected chi connectivity index (χ2v) is 10.0. The number of carbonyl (C=O) groups is 2. The maximum atomic E-state index is 12.2. The Morgan fingerprint density at radius 1 is 1.25 bits per heavy atom. The lowest BCUT2D eigenvalue weighted by molar-refractivity contribution is -0.157. The fourth-order valence-corrected chi connectivity index (χ4v) is 3.40. The van der Waals surface area contributed by atoms with Crippen LogP contribution >= 0.6 is 0 Å². The van der Waals surface area contributed by atoms with E-state index in [9.17, 15) is 9.59 Å². The van der Waals surface area contributed by atoms with Crippen LogP contribution in [-0.2, 0) is 14.0 Å². The standard InChI is InChI=1S/C18H27NO4Si/c1-18(2,3)13(11-22-24(4)5)14-15(20)19-16(14)23-17(21)12-9-7-6-8-10-12/h6-10,13-14,16,24H,11H2,1-5H3,(H,19,20)/t13-,14-,16?/m1/s1. The number of benzene rings is 1. The van der Waals surface area contributed by atoms with Gasteiger partial charge in [0.05, 0.1) is 11.5 Å². The molecule has 0 radical (unpaired) electrons. The molecule has 6 heteroatoms. The Kier molecular flexibility index (Phi) is 5.82. The Hall–Kier alpha value is -1.66. The van der Waals surface area contributed by atoms with Crippen LogP contribution in [0.1, 0.15) is 31.1 Å². The van der Waals surface area contributed by atoms with Crippen molar-refractivity contribution in [2.75, 3.05) is 6.61 Å². The Morgan fingerprint density at radius 2 is 1.88 bits per heavy atom. The molecule has 0 aromatic heterocycles. The van der Waals surface area contributed by atoms with Crippen LogP contribution in [0.3, 0.4) is 0 Å². The minimum absolute atomic E-state index is 0.00489. The molecule has 24 heavy (non-hydrogen) atoms. The van der Waals surface area contributed by atoms with E-state index in [0.717, 1.165) is 0 Å². The van der Waals surface area contributed by atoms with Crippen molar-refractivity contribution in [1.29, 1.82) is 0 Å². The second-order valence-electron chi connectivity index (χ2n) is 7.58. The van der Waals surface area contributed by atoms with Gasteiger partial charge in [-0.2, -0.15) is 0 Å². The molecule has 3 atom stereocenters. The molecule has 1 amide bonds. The molecule has 1 aromatic rings. The highest BCUT2D eigenvalue weighted by molar-refractivity contribution is 6.48. The Bertz CT molecular complexity index is 582. The largest absolute Gasteiger partial charge is 0.437 e. The lowest BCUT2D eigenvalue weighted by Gasteiger charge is -2.45. The van der Waals surface area contributed by atoms with Crippen LogP contribution < -0.4 is 5.32 Å². The number of esters is 1. The van der Waals surface area contributed by atoms with Crippen LogP contribution in [-0.4, -0.2) is 33.8 Å². The van der Waals surface area contributed by atoms with E-state index in [0.29, 0.717) is 12.2 Å². The van der Waals surface area contributed by atoms with Crippen molar-refractivity contribution in [3.8, 4) is 0 Å². The van der Waals surface area contributed by atoms with Gasteiger partial charge in [-0.05, 0) is 30.6 Å². The summed E-state index contributed by atoms with van der Waals surface area (Å²) in [6.45, 7) is 11.0. The Labute approximate surface area is 145 Å². The van der Waals surface area contributed by atoms with Crippen molar-refractivity contribution in [3.05, 3.63) is 35.9 Å². The first kappa shape index (κ1) is 18.7. The summed E-state index contributed by atoms with van der Waals surface area (Å²) in [5.41, 5.74) is 0.360. The fraction of sp³-hybridized carbons (Fsp3) is 0.556. The van der Waals surface area contributed by atoms with Gasteiger partial charge < -0.3 is 14.5 Å². The van der Waals surface area contributed by atoms with Gasteiger partial charge in [-0.1, -0.05) is 39.0 Å². The van der Waals surface area contributed by atoms with E-state index in [1.807, 2.05) is 6.07 Å². The summed E-state index contributed by atoms with van der Waals surface area (Å²) in [6, 6.07) is 8.81. The van der Waals surface area contributed by atoms with Gasteiger partial charge in [-0.15, -0.1) is 0 Å². The van der Waals surface area contributed by atoms with E-state index >= 15 is 0 Å². The summed E-state index contributed by atoms with van der Waals surface area (Å²) in [5, 5.41) is 2.71. The van der Waals surface area contributed by atoms with Gasteiger partial charge in [0.1, 0.15) is 0 Å². The predicted molar refractivity (Wildman–Crippen MR) is 95.1 cm³/mol. The quantitative estimate of drug-likeness (QED) is 0.487. The third kappa shape index (κ3) is 4.45. The third-order valence-electron chi connectivity index (χ3n) is 4.31. The number of amides is 1. The van der Waals surface area contributed by atoms with E-state index in [1.165, 1.54) is 0 Å². The van der Waals surface area contributed by atoms with E-state index in [4.69, 9.17) is 9.16 Å². The first-order valence-corrected chi connectivity index (χ1v) is 11.2. The zero-order valence-electron chi connectivity index (χ0n) is 15.0. The molecule has 1 aliphatic rings. The Balaban J connectivity index is 2.08. The summed E-state index contributed by atoms with van der Waals surface area (Å²) >= 11 is 0. The molecule has 2 rings (SSSR count). The van der Waals surface area contributed by atoms with Gasteiger partial charge in [0, 0.05) is 12.5 Å². The third-order valence-corrected chi connectivity index (χ3v) is 5.17. The molecule has 1 N–H and O–H groups in total. The molecule has 1 unspecified atom stereocenters. The summed E-state index contributed by atoms with van der Waals surface area (Å²) in [4.78, 5) is 24.4. The zero-order valence-corrected chi connectivity index (χ0v) is 16.2. The molecular formula is C18H27NO4Si. The van der Waals surface area contributed by atoms with E-state index in [2.05, 4.69) is 39.2 Å². The molecular weight excluding hydrogens is 322 g/mol. The van der Waals surface area contributed by atoms with Gasteiger partial charge in [0.15, 0.2) is 15.3 Å². The van der Waals surface area contributed by atoms with E-state index in [-0.39, 0.29) is 23.2 Å².